The van der Waals surface area contributed by atoms with Crippen molar-refractivity contribution in [2.45, 2.75) is 18.8 Å². The fourth-order valence-corrected chi connectivity index (χ4v) is 2.45. The maximum Gasteiger partial charge on any atom is 0.231 e. The van der Waals surface area contributed by atoms with Crippen LogP contribution in [-0.2, 0) is 0 Å². The zero-order chi connectivity index (χ0) is 11.7. The summed E-state index contributed by atoms with van der Waals surface area (Å²) in [6.45, 7) is 3.73. The number of nitrogens with one attached hydrogen (secondary N) is 1. The van der Waals surface area contributed by atoms with Crippen molar-refractivity contribution in [3.05, 3.63) is 47.6 Å². The summed E-state index contributed by atoms with van der Waals surface area (Å²) in [6, 6.07) is 10.5. The van der Waals surface area contributed by atoms with Gasteiger partial charge in [0.25, 0.3) is 0 Å². The van der Waals surface area contributed by atoms with Crippen molar-refractivity contribution in [3.63, 3.8) is 0 Å². The van der Waals surface area contributed by atoms with Crippen molar-refractivity contribution in [2.24, 2.45) is 0 Å². The molecule has 0 spiro atoms. The number of benzene rings is 1. The summed E-state index contributed by atoms with van der Waals surface area (Å²) in [4.78, 5) is 4.35. The minimum atomic E-state index is 0.290. The SMILES string of the molecule is Cc1noc([C@H]2CNC[C@H]2c2ccccc2)n1. The van der Waals surface area contributed by atoms with E-state index in [9.17, 15) is 0 Å². The van der Waals surface area contributed by atoms with Crippen molar-refractivity contribution in [1.29, 1.82) is 0 Å². The Hall–Kier alpha value is -1.68. The average molecular weight is 229 g/mol. The third-order valence-corrected chi connectivity index (χ3v) is 3.30. The van der Waals surface area contributed by atoms with Gasteiger partial charge in [-0.1, -0.05) is 35.5 Å². The molecule has 0 saturated carbocycles. The summed E-state index contributed by atoms with van der Waals surface area (Å²) in [5, 5.41) is 7.28. The van der Waals surface area contributed by atoms with Gasteiger partial charge in [0.2, 0.25) is 5.89 Å². The quantitative estimate of drug-likeness (QED) is 0.853. The lowest BCUT2D eigenvalue weighted by Gasteiger charge is -2.14. The van der Waals surface area contributed by atoms with E-state index < -0.39 is 0 Å². The lowest BCUT2D eigenvalue weighted by molar-refractivity contribution is 0.348. The summed E-state index contributed by atoms with van der Waals surface area (Å²) in [5.41, 5.74) is 1.33. The van der Waals surface area contributed by atoms with Crippen molar-refractivity contribution in [3.8, 4) is 0 Å². The second-order valence-corrected chi connectivity index (χ2v) is 4.46. The van der Waals surface area contributed by atoms with Crippen molar-refractivity contribution in [2.75, 3.05) is 13.1 Å². The van der Waals surface area contributed by atoms with Gasteiger partial charge in [0.05, 0.1) is 5.92 Å². The minimum absolute atomic E-state index is 0.290. The van der Waals surface area contributed by atoms with Crippen LogP contribution in [0.3, 0.4) is 0 Å². The van der Waals surface area contributed by atoms with Crippen LogP contribution in [0.1, 0.15) is 29.1 Å². The molecule has 3 rings (SSSR count). The first kappa shape index (κ1) is 10.5. The van der Waals surface area contributed by atoms with Gasteiger partial charge < -0.3 is 9.84 Å². The Bertz CT molecular complexity index is 494. The zero-order valence-corrected chi connectivity index (χ0v) is 9.76. The second kappa shape index (κ2) is 4.30. The van der Waals surface area contributed by atoms with Gasteiger partial charge in [0.15, 0.2) is 5.82 Å². The Balaban J connectivity index is 1.90. The standard InChI is InChI=1S/C13H15N3O/c1-9-15-13(17-16-9)12-8-14-7-11(12)10-5-3-2-4-6-10/h2-6,11-12,14H,7-8H2,1H3/t11-,12-/m0/s1. The van der Waals surface area contributed by atoms with Gasteiger partial charge in [-0.15, -0.1) is 0 Å². The lowest BCUT2D eigenvalue weighted by atomic mass is 9.89. The molecule has 1 fully saturated rings. The molecule has 2 atom stereocenters. The molecule has 4 nitrogen and oxygen atoms in total. The number of aryl methyl sites for hydroxylation is 1. The van der Waals surface area contributed by atoms with Crippen molar-refractivity contribution < 1.29 is 4.52 Å². The summed E-state index contributed by atoms with van der Waals surface area (Å²) < 4.78 is 5.30. The van der Waals surface area contributed by atoms with Gasteiger partial charge in [-0.2, -0.15) is 4.98 Å². The largest absolute Gasteiger partial charge is 0.339 e. The number of hydrogen-bond donors (Lipinski definition) is 1. The average Bonchev–Trinajstić information content (AvgIpc) is 2.98. The van der Waals surface area contributed by atoms with Crippen LogP contribution >= 0.6 is 0 Å². The maximum absolute atomic E-state index is 5.30. The van der Waals surface area contributed by atoms with E-state index in [1.165, 1.54) is 5.56 Å². The first-order valence-electron chi connectivity index (χ1n) is 5.90. The normalized spacial score (nSPS) is 24.1. The molecule has 1 saturated heterocycles. The third kappa shape index (κ3) is 1.96. The highest BCUT2D eigenvalue weighted by molar-refractivity contribution is 5.25. The third-order valence-electron chi connectivity index (χ3n) is 3.30. The molecule has 1 N–H and O–H groups in total. The van der Waals surface area contributed by atoms with Crippen molar-refractivity contribution in [1.82, 2.24) is 15.5 Å². The van der Waals surface area contributed by atoms with E-state index in [1.54, 1.807) is 0 Å². The topological polar surface area (TPSA) is 51.0 Å². The summed E-state index contributed by atoms with van der Waals surface area (Å²) in [7, 11) is 0. The molecule has 1 aliphatic rings. The van der Waals surface area contributed by atoms with E-state index >= 15 is 0 Å². The maximum atomic E-state index is 5.30. The van der Waals surface area contributed by atoms with Crippen LogP contribution in [0.4, 0.5) is 0 Å². The monoisotopic (exact) mass is 229 g/mol. The van der Waals surface area contributed by atoms with E-state index in [2.05, 4.69) is 39.7 Å². The summed E-state index contributed by atoms with van der Waals surface area (Å²) in [6.07, 6.45) is 0. The van der Waals surface area contributed by atoms with E-state index in [1.807, 2.05) is 13.0 Å². The van der Waals surface area contributed by atoms with Crippen LogP contribution in [0.15, 0.2) is 34.9 Å². The van der Waals surface area contributed by atoms with Gasteiger partial charge >= 0.3 is 0 Å². The molecule has 1 aliphatic heterocycles. The highest BCUT2D eigenvalue weighted by Crippen LogP contribution is 2.34. The number of aromatic nitrogens is 2. The van der Waals surface area contributed by atoms with Gasteiger partial charge in [0, 0.05) is 19.0 Å². The van der Waals surface area contributed by atoms with E-state index in [0.717, 1.165) is 19.0 Å². The fraction of sp³-hybridized carbons (Fsp3) is 0.385. The van der Waals surface area contributed by atoms with E-state index in [4.69, 9.17) is 4.52 Å². The highest BCUT2D eigenvalue weighted by Gasteiger charge is 2.33. The molecule has 0 amide bonds. The molecule has 0 bridgehead atoms. The zero-order valence-electron chi connectivity index (χ0n) is 9.76. The molecule has 4 heteroatoms. The summed E-state index contributed by atoms with van der Waals surface area (Å²) >= 11 is 0. The van der Waals surface area contributed by atoms with Gasteiger partial charge in [-0.05, 0) is 12.5 Å². The van der Waals surface area contributed by atoms with Gasteiger partial charge in [-0.25, -0.2) is 0 Å². The highest BCUT2D eigenvalue weighted by atomic mass is 16.5. The number of hydrogen-bond acceptors (Lipinski definition) is 4. The second-order valence-electron chi connectivity index (χ2n) is 4.46. The van der Waals surface area contributed by atoms with E-state index in [-0.39, 0.29) is 0 Å². The molecular weight excluding hydrogens is 214 g/mol. The summed E-state index contributed by atoms with van der Waals surface area (Å²) in [5.74, 6) is 2.18. The van der Waals surface area contributed by atoms with Crippen LogP contribution in [0.2, 0.25) is 0 Å². The predicted octanol–water partition coefficient (Wildman–Crippen LogP) is 1.85. The smallest absolute Gasteiger partial charge is 0.231 e. The number of nitrogens with zero attached hydrogens (tertiary/aromatic N) is 2. The van der Waals surface area contributed by atoms with Crippen LogP contribution in [-0.4, -0.2) is 23.2 Å². The van der Waals surface area contributed by atoms with E-state index in [0.29, 0.717) is 17.7 Å². The fourth-order valence-electron chi connectivity index (χ4n) is 2.45. The molecule has 2 heterocycles. The molecule has 0 aliphatic carbocycles. The van der Waals surface area contributed by atoms with Crippen LogP contribution < -0.4 is 5.32 Å². The first-order chi connectivity index (χ1) is 8.34. The van der Waals surface area contributed by atoms with Crippen LogP contribution in [0, 0.1) is 6.92 Å². The first-order valence-corrected chi connectivity index (χ1v) is 5.90. The molecule has 17 heavy (non-hydrogen) atoms. The van der Waals surface area contributed by atoms with Crippen molar-refractivity contribution >= 4 is 0 Å². The Labute approximate surface area is 100 Å². The Kier molecular flexibility index (Phi) is 2.65. The van der Waals surface area contributed by atoms with Gasteiger partial charge in [-0.3, -0.25) is 0 Å². The molecule has 1 aromatic heterocycles. The molecule has 2 aromatic rings. The Morgan fingerprint density at radius 3 is 2.65 bits per heavy atom. The Morgan fingerprint density at radius 2 is 1.94 bits per heavy atom. The molecular formula is C13H15N3O. The molecule has 88 valence electrons. The van der Waals surface area contributed by atoms with Crippen LogP contribution in [0.25, 0.3) is 0 Å². The Morgan fingerprint density at radius 1 is 1.18 bits per heavy atom. The minimum Gasteiger partial charge on any atom is -0.339 e. The number of rotatable bonds is 2. The lowest BCUT2D eigenvalue weighted by Crippen LogP contribution is -2.09. The predicted molar refractivity (Wildman–Crippen MR) is 63.8 cm³/mol. The molecule has 0 radical (unpaired) electrons. The molecule has 1 aromatic carbocycles. The van der Waals surface area contributed by atoms with Crippen LogP contribution in [0.5, 0.6) is 0 Å². The van der Waals surface area contributed by atoms with Gasteiger partial charge in [0.1, 0.15) is 0 Å². The molecule has 0 unspecified atom stereocenters.